The van der Waals surface area contributed by atoms with Gasteiger partial charge in [0.25, 0.3) is 0 Å². The van der Waals surface area contributed by atoms with Crippen LogP contribution in [0.25, 0.3) is 5.70 Å². The van der Waals surface area contributed by atoms with Gasteiger partial charge in [-0.3, -0.25) is 9.59 Å². The molecule has 1 aromatic heterocycles. The number of nitrogens with one attached hydrogen (secondary N) is 1. The Balaban J connectivity index is 2.00. The first-order valence-electron chi connectivity index (χ1n) is 9.19. The summed E-state index contributed by atoms with van der Waals surface area (Å²) in [4.78, 5) is 36.8. The van der Waals surface area contributed by atoms with Gasteiger partial charge in [0, 0.05) is 11.1 Å². The van der Waals surface area contributed by atoms with E-state index >= 15 is 0 Å². The smallest absolute Gasteiger partial charge is 0.245 e. The molecule has 1 aliphatic heterocycles. The minimum absolute atomic E-state index is 0.00147. The normalized spacial score (nSPS) is 18.8. The number of aliphatic imine (C=N–C) groups is 1. The number of benzene rings is 1. The van der Waals surface area contributed by atoms with E-state index in [-0.39, 0.29) is 47.0 Å². The summed E-state index contributed by atoms with van der Waals surface area (Å²) in [6.45, 7) is 3.00. The topological polar surface area (TPSA) is 172 Å². The third-order valence-electron chi connectivity index (χ3n) is 5.13. The van der Waals surface area contributed by atoms with Gasteiger partial charge in [-0.05, 0) is 19.9 Å². The second-order valence-electron chi connectivity index (χ2n) is 7.06. The lowest BCUT2D eigenvalue weighted by molar-refractivity contribution is -0.131. The summed E-state index contributed by atoms with van der Waals surface area (Å²) >= 11 is 0. The number of rotatable bonds is 5. The summed E-state index contributed by atoms with van der Waals surface area (Å²) in [5, 5.41) is 2.49. The van der Waals surface area contributed by atoms with E-state index in [9.17, 15) is 14.0 Å². The number of methoxy groups -OCH3 is 1. The number of nitrogen functional groups attached to an aromatic ring is 1. The number of nitrogens with two attached hydrogens (primary N) is 3. The maximum Gasteiger partial charge on any atom is 0.245 e. The molecule has 2 amide bonds. The van der Waals surface area contributed by atoms with E-state index in [0.717, 1.165) is 0 Å². The van der Waals surface area contributed by atoms with Gasteiger partial charge in [0.1, 0.15) is 17.5 Å². The molecule has 3 rings (SSSR count). The number of hydrogen-bond acceptors (Lipinski definition) is 8. The molecule has 10 nitrogen and oxygen atoms in total. The Bertz CT molecular complexity index is 1150. The molecule has 31 heavy (non-hydrogen) atoms. The van der Waals surface area contributed by atoms with Gasteiger partial charge >= 0.3 is 0 Å². The molecule has 0 bridgehead atoms. The van der Waals surface area contributed by atoms with Gasteiger partial charge in [0.05, 0.1) is 24.9 Å². The maximum atomic E-state index is 13.8. The van der Waals surface area contributed by atoms with E-state index < -0.39 is 17.2 Å². The number of carbonyl (C=O) groups excluding carboxylic acids is 2. The zero-order chi connectivity index (χ0) is 22.9. The fraction of sp³-hybridized carbons (Fsp3) is 0.250. The molecule has 1 atom stereocenters. The number of halogens is 1. The van der Waals surface area contributed by atoms with Gasteiger partial charge in [0.2, 0.25) is 17.7 Å². The zero-order valence-corrected chi connectivity index (χ0v) is 17.2. The summed E-state index contributed by atoms with van der Waals surface area (Å²) in [5.74, 6) is -1.85. The van der Waals surface area contributed by atoms with E-state index in [1.165, 1.54) is 20.1 Å². The van der Waals surface area contributed by atoms with E-state index in [2.05, 4.69) is 20.3 Å². The number of carbonyl (C=O) groups is 2. The second-order valence-corrected chi connectivity index (χ2v) is 7.06. The number of anilines is 2. The van der Waals surface area contributed by atoms with Crippen molar-refractivity contribution < 1.29 is 18.7 Å². The van der Waals surface area contributed by atoms with Crippen LogP contribution in [0.5, 0.6) is 0 Å². The van der Waals surface area contributed by atoms with Gasteiger partial charge < -0.3 is 27.3 Å². The monoisotopic (exact) mass is 427 g/mol. The van der Waals surface area contributed by atoms with Gasteiger partial charge in [-0.1, -0.05) is 18.2 Å². The predicted octanol–water partition coefficient (Wildman–Crippen LogP) is 0.828. The Labute approximate surface area is 177 Å². The molecule has 0 aliphatic carbocycles. The number of amides is 2. The average molecular weight is 427 g/mol. The van der Waals surface area contributed by atoms with Gasteiger partial charge in [-0.2, -0.15) is 0 Å². The van der Waals surface area contributed by atoms with Crippen molar-refractivity contribution >= 4 is 35.0 Å². The molecule has 0 saturated carbocycles. The Morgan fingerprint density at radius 3 is 2.58 bits per heavy atom. The largest absolute Gasteiger partial charge is 0.481 e. The van der Waals surface area contributed by atoms with Crippen LogP contribution in [-0.4, -0.2) is 34.8 Å². The van der Waals surface area contributed by atoms with Crippen LogP contribution in [0.4, 0.5) is 16.0 Å². The highest BCUT2D eigenvalue weighted by molar-refractivity contribution is 6.20. The van der Waals surface area contributed by atoms with Crippen LogP contribution in [0.3, 0.4) is 0 Å². The molecule has 162 valence electrons. The van der Waals surface area contributed by atoms with Gasteiger partial charge in [0.15, 0.2) is 11.2 Å². The second kappa shape index (κ2) is 8.01. The fourth-order valence-electron chi connectivity index (χ4n) is 3.17. The van der Waals surface area contributed by atoms with Crippen LogP contribution in [0.1, 0.15) is 30.8 Å². The molecule has 0 radical (unpaired) electrons. The molecular formula is C20H22FN7O3. The number of nitrogens with zero attached hydrogens (tertiary/aromatic N) is 3. The standard InChI is InChI=1S/C20H22FN7O3/c1-9(17(31-3)25-8-10-6-4-5-7-11(10)21)13(22)16-26-14(23)12-15(27-16)28-19(30)20(12,2)18(24)29/h4-7H,8,22H2,1-3H3,(H2,24,29)(H3,23,26,27,28,30). The molecular weight excluding hydrogens is 405 g/mol. The number of ether oxygens (including phenoxy) is 1. The molecule has 11 heteroatoms. The lowest BCUT2D eigenvalue weighted by Gasteiger charge is -2.18. The van der Waals surface area contributed by atoms with Crippen molar-refractivity contribution in [1.82, 2.24) is 9.97 Å². The number of aromatic nitrogens is 2. The Kier molecular flexibility index (Phi) is 5.60. The predicted molar refractivity (Wildman–Crippen MR) is 113 cm³/mol. The summed E-state index contributed by atoms with van der Waals surface area (Å²) in [6.07, 6.45) is 0. The molecule has 1 aliphatic rings. The van der Waals surface area contributed by atoms with Crippen molar-refractivity contribution in [2.75, 3.05) is 18.2 Å². The van der Waals surface area contributed by atoms with Crippen LogP contribution < -0.4 is 22.5 Å². The first-order valence-corrected chi connectivity index (χ1v) is 9.19. The molecule has 2 aromatic rings. The minimum Gasteiger partial charge on any atom is -0.481 e. The highest BCUT2D eigenvalue weighted by atomic mass is 19.1. The molecule has 2 heterocycles. The first kappa shape index (κ1) is 21.7. The molecule has 0 spiro atoms. The van der Waals surface area contributed by atoms with Crippen LogP contribution >= 0.6 is 0 Å². The summed E-state index contributed by atoms with van der Waals surface area (Å²) in [7, 11) is 1.40. The Morgan fingerprint density at radius 2 is 1.97 bits per heavy atom. The van der Waals surface area contributed by atoms with Crippen molar-refractivity contribution in [2.45, 2.75) is 25.8 Å². The molecule has 0 fully saturated rings. The van der Waals surface area contributed by atoms with Crippen molar-refractivity contribution in [2.24, 2.45) is 16.5 Å². The lowest BCUT2D eigenvalue weighted by atomic mass is 9.84. The molecule has 1 unspecified atom stereocenters. The summed E-state index contributed by atoms with van der Waals surface area (Å²) in [5.41, 5.74) is 16.9. The molecule has 0 saturated heterocycles. The fourth-order valence-corrected chi connectivity index (χ4v) is 3.17. The van der Waals surface area contributed by atoms with Crippen LogP contribution in [-0.2, 0) is 26.3 Å². The lowest BCUT2D eigenvalue weighted by Crippen LogP contribution is -2.44. The van der Waals surface area contributed by atoms with Crippen molar-refractivity contribution in [3.63, 3.8) is 0 Å². The average Bonchev–Trinajstić information content (AvgIpc) is 3.00. The van der Waals surface area contributed by atoms with E-state index in [4.69, 9.17) is 21.9 Å². The molecule has 1 aromatic carbocycles. The minimum atomic E-state index is -1.69. The first-order chi connectivity index (χ1) is 14.6. The Morgan fingerprint density at radius 1 is 1.29 bits per heavy atom. The van der Waals surface area contributed by atoms with Gasteiger partial charge in [-0.25, -0.2) is 19.4 Å². The van der Waals surface area contributed by atoms with Crippen LogP contribution in [0.15, 0.2) is 34.8 Å². The summed E-state index contributed by atoms with van der Waals surface area (Å²) in [6, 6.07) is 6.23. The van der Waals surface area contributed by atoms with Crippen LogP contribution in [0, 0.1) is 5.82 Å². The number of primary amides is 1. The van der Waals surface area contributed by atoms with E-state index in [1.54, 1.807) is 25.1 Å². The van der Waals surface area contributed by atoms with Crippen molar-refractivity contribution in [3.05, 3.63) is 52.6 Å². The number of fused-ring (bicyclic) bond motifs is 1. The van der Waals surface area contributed by atoms with Crippen LogP contribution in [0.2, 0.25) is 0 Å². The zero-order valence-electron chi connectivity index (χ0n) is 17.2. The van der Waals surface area contributed by atoms with E-state index in [0.29, 0.717) is 11.1 Å². The summed E-state index contributed by atoms with van der Waals surface area (Å²) < 4.78 is 19.1. The maximum absolute atomic E-state index is 13.8. The van der Waals surface area contributed by atoms with E-state index in [1.807, 2.05) is 0 Å². The SMILES string of the molecule is COC(=NCc1ccccc1F)C(C)=C(N)c1nc(N)c2c(n1)NC(=O)C2(C)C(N)=O. The highest BCUT2D eigenvalue weighted by Gasteiger charge is 2.51. The van der Waals surface area contributed by atoms with Crippen molar-refractivity contribution in [1.29, 1.82) is 0 Å². The number of hydrogen-bond donors (Lipinski definition) is 4. The third-order valence-corrected chi connectivity index (χ3v) is 5.13. The molecule has 7 N–H and O–H groups in total. The third kappa shape index (κ3) is 3.65. The van der Waals surface area contributed by atoms with Gasteiger partial charge in [-0.15, -0.1) is 0 Å². The highest BCUT2D eigenvalue weighted by Crippen LogP contribution is 2.39. The Hall–Kier alpha value is -4.02. The van der Waals surface area contributed by atoms with Crippen molar-refractivity contribution in [3.8, 4) is 0 Å². The quantitative estimate of drug-likeness (QED) is 0.311.